The van der Waals surface area contributed by atoms with Crippen LogP contribution < -0.4 is 15.8 Å². The van der Waals surface area contributed by atoms with E-state index in [2.05, 4.69) is 5.32 Å². The van der Waals surface area contributed by atoms with E-state index in [4.69, 9.17) is 33.7 Å². The molecule has 106 valence electrons. The van der Waals surface area contributed by atoms with E-state index < -0.39 is 0 Å². The van der Waals surface area contributed by atoms with E-state index in [0.717, 1.165) is 17.0 Å². The van der Waals surface area contributed by atoms with Gasteiger partial charge in [-0.1, -0.05) is 41.4 Å². The molecule has 0 heterocycles. The first-order valence-corrected chi connectivity index (χ1v) is 6.96. The maximum absolute atomic E-state index is 6.24. The predicted octanol–water partition coefficient (Wildman–Crippen LogP) is 4.11. The third-order valence-electron chi connectivity index (χ3n) is 3.00. The molecule has 0 aliphatic carbocycles. The van der Waals surface area contributed by atoms with Crippen LogP contribution in [0.5, 0.6) is 5.75 Å². The molecular formula is C15H16Cl2N2O. The molecule has 0 saturated heterocycles. The van der Waals surface area contributed by atoms with Gasteiger partial charge in [0.05, 0.1) is 23.2 Å². The third kappa shape index (κ3) is 3.37. The fraction of sp³-hybridized carbons (Fsp3) is 0.200. The minimum Gasteiger partial charge on any atom is -0.497 e. The number of rotatable bonds is 5. The number of nitrogens with two attached hydrogens (primary N) is 1. The normalized spacial score (nSPS) is 12.0. The molecule has 2 aromatic carbocycles. The van der Waals surface area contributed by atoms with Crippen molar-refractivity contribution in [1.29, 1.82) is 0 Å². The number of anilines is 1. The molecule has 2 rings (SSSR count). The van der Waals surface area contributed by atoms with Gasteiger partial charge < -0.3 is 15.8 Å². The monoisotopic (exact) mass is 310 g/mol. The Morgan fingerprint density at radius 2 is 1.95 bits per heavy atom. The second-order valence-electron chi connectivity index (χ2n) is 4.31. The lowest BCUT2D eigenvalue weighted by atomic mass is 10.1. The quantitative estimate of drug-likeness (QED) is 0.873. The summed E-state index contributed by atoms with van der Waals surface area (Å²) in [6.45, 7) is 0.400. The first-order chi connectivity index (χ1) is 9.65. The molecule has 5 heteroatoms. The smallest absolute Gasteiger partial charge is 0.120 e. The van der Waals surface area contributed by atoms with Gasteiger partial charge in [0.2, 0.25) is 0 Å². The Balaban J connectivity index is 2.26. The second kappa shape index (κ2) is 6.84. The third-order valence-corrected chi connectivity index (χ3v) is 3.84. The van der Waals surface area contributed by atoms with Gasteiger partial charge in [-0.05, 0) is 23.8 Å². The Morgan fingerprint density at radius 1 is 1.20 bits per heavy atom. The number of benzene rings is 2. The Morgan fingerprint density at radius 3 is 2.65 bits per heavy atom. The minimum atomic E-state index is -0.117. The molecule has 1 unspecified atom stereocenters. The van der Waals surface area contributed by atoms with Crippen LogP contribution in [0.2, 0.25) is 10.0 Å². The van der Waals surface area contributed by atoms with E-state index in [1.807, 2.05) is 36.4 Å². The Kier molecular flexibility index (Phi) is 5.12. The zero-order valence-electron chi connectivity index (χ0n) is 11.1. The van der Waals surface area contributed by atoms with Crippen LogP contribution in [0.25, 0.3) is 0 Å². The lowest BCUT2D eigenvalue weighted by molar-refractivity contribution is 0.415. The van der Waals surface area contributed by atoms with Crippen LogP contribution in [0.3, 0.4) is 0 Å². The molecule has 0 aromatic heterocycles. The van der Waals surface area contributed by atoms with Crippen molar-refractivity contribution in [3.8, 4) is 5.75 Å². The van der Waals surface area contributed by atoms with Gasteiger partial charge >= 0.3 is 0 Å². The standard InChI is InChI=1S/C15H16Cl2N2O/c1-20-11-5-2-4-10(8-11)19-14(9-18)12-6-3-7-13(16)15(12)17/h2-8,14,19H,9,18H2,1H3. The summed E-state index contributed by atoms with van der Waals surface area (Å²) in [7, 11) is 1.63. The average Bonchev–Trinajstić information content (AvgIpc) is 2.48. The number of hydrogen-bond donors (Lipinski definition) is 2. The number of nitrogens with one attached hydrogen (secondary N) is 1. The largest absolute Gasteiger partial charge is 0.497 e. The fourth-order valence-corrected chi connectivity index (χ4v) is 2.41. The van der Waals surface area contributed by atoms with Crippen LogP contribution in [0.15, 0.2) is 42.5 Å². The molecule has 20 heavy (non-hydrogen) atoms. The topological polar surface area (TPSA) is 47.3 Å². The summed E-state index contributed by atoms with van der Waals surface area (Å²) in [5, 5.41) is 4.39. The number of halogens is 2. The van der Waals surface area contributed by atoms with Crippen LogP contribution in [0.1, 0.15) is 11.6 Å². The van der Waals surface area contributed by atoms with Gasteiger partial charge in [0.25, 0.3) is 0 Å². The Labute approximate surface area is 128 Å². The molecule has 0 aliphatic rings. The molecule has 0 bridgehead atoms. The van der Waals surface area contributed by atoms with Crippen molar-refractivity contribution in [2.75, 3.05) is 19.0 Å². The van der Waals surface area contributed by atoms with Crippen LogP contribution in [0.4, 0.5) is 5.69 Å². The molecule has 0 spiro atoms. The van der Waals surface area contributed by atoms with E-state index in [-0.39, 0.29) is 6.04 Å². The Bertz CT molecular complexity index is 590. The summed E-state index contributed by atoms with van der Waals surface area (Å²) in [5.41, 5.74) is 7.64. The molecule has 2 aromatic rings. The van der Waals surface area contributed by atoms with Crippen LogP contribution in [-0.4, -0.2) is 13.7 Å². The van der Waals surface area contributed by atoms with Crippen molar-refractivity contribution < 1.29 is 4.74 Å². The van der Waals surface area contributed by atoms with Gasteiger partial charge in [0.1, 0.15) is 5.75 Å². The summed E-state index contributed by atoms with van der Waals surface area (Å²) < 4.78 is 5.20. The van der Waals surface area contributed by atoms with E-state index in [1.165, 1.54) is 0 Å². The van der Waals surface area contributed by atoms with Crippen LogP contribution in [-0.2, 0) is 0 Å². The lowest BCUT2D eigenvalue weighted by Gasteiger charge is -2.20. The summed E-state index contributed by atoms with van der Waals surface area (Å²) in [6, 6.07) is 13.1. The molecule has 0 fully saturated rings. The second-order valence-corrected chi connectivity index (χ2v) is 5.09. The zero-order valence-corrected chi connectivity index (χ0v) is 12.6. The highest BCUT2D eigenvalue weighted by atomic mass is 35.5. The highest BCUT2D eigenvalue weighted by molar-refractivity contribution is 6.42. The zero-order chi connectivity index (χ0) is 14.5. The fourth-order valence-electron chi connectivity index (χ4n) is 1.97. The van der Waals surface area contributed by atoms with Crippen molar-refractivity contribution in [3.63, 3.8) is 0 Å². The lowest BCUT2D eigenvalue weighted by Crippen LogP contribution is -2.21. The van der Waals surface area contributed by atoms with Crippen molar-refractivity contribution in [3.05, 3.63) is 58.1 Å². The highest BCUT2D eigenvalue weighted by Gasteiger charge is 2.15. The predicted molar refractivity (Wildman–Crippen MR) is 84.9 cm³/mol. The van der Waals surface area contributed by atoms with E-state index in [1.54, 1.807) is 13.2 Å². The number of hydrogen-bond acceptors (Lipinski definition) is 3. The van der Waals surface area contributed by atoms with Gasteiger partial charge in [-0.25, -0.2) is 0 Å². The molecule has 1 atom stereocenters. The number of methoxy groups -OCH3 is 1. The highest BCUT2D eigenvalue weighted by Crippen LogP contribution is 2.31. The first-order valence-electron chi connectivity index (χ1n) is 6.20. The molecule has 0 radical (unpaired) electrons. The van der Waals surface area contributed by atoms with Gasteiger partial charge in [0.15, 0.2) is 0 Å². The van der Waals surface area contributed by atoms with E-state index >= 15 is 0 Å². The molecule has 0 amide bonds. The van der Waals surface area contributed by atoms with Crippen molar-refractivity contribution in [2.24, 2.45) is 5.73 Å². The molecule has 3 N–H and O–H groups in total. The van der Waals surface area contributed by atoms with Crippen molar-refractivity contribution in [1.82, 2.24) is 0 Å². The average molecular weight is 311 g/mol. The van der Waals surface area contributed by atoms with Gasteiger partial charge in [-0.2, -0.15) is 0 Å². The molecule has 0 saturated carbocycles. The first kappa shape index (κ1) is 15.0. The molecule has 3 nitrogen and oxygen atoms in total. The van der Waals surface area contributed by atoms with Gasteiger partial charge in [0, 0.05) is 18.3 Å². The minimum absolute atomic E-state index is 0.117. The van der Waals surface area contributed by atoms with Crippen molar-refractivity contribution >= 4 is 28.9 Å². The van der Waals surface area contributed by atoms with Crippen molar-refractivity contribution in [2.45, 2.75) is 6.04 Å². The maximum Gasteiger partial charge on any atom is 0.120 e. The SMILES string of the molecule is COc1cccc(NC(CN)c2cccc(Cl)c2Cl)c1. The Hall–Kier alpha value is -1.42. The van der Waals surface area contributed by atoms with E-state index in [0.29, 0.717) is 16.6 Å². The van der Waals surface area contributed by atoms with Crippen LogP contribution in [0, 0.1) is 0 Å². The molecular weight excluding hydrogens is 295 g/mol. The summed E-state index contributed by atoms with van der Waals surface area (Å²) in [6.07, 6.45) is 0. The number of ether oxygens (including phenoxy) is 1. The summed E-state index contributed by atoms with van der Waals surface area (Å²) in [4.78, 5) is 0. The summed E-state index contributed by atoms with van der Waals surface area (Å²) in [5.74, 6) is 0.781. The van der Waals surface area contributed by atoms with E-state index in [9.17, 15) is 0 Å². The van der Waals surface area contributed by atoms with Gasteiger partial charge in [-0.15, -0.1) is 0 Å². The maximum atomic E-state index is 6.24. The van der Waals surface area contributed by atoms with Gasteiger partial charge in [-0.3, -0.25) is 0 Å². The summed E-state index contributed by atoms with van der Waals surface area (Å²) >= 11 is 12.3. The molecule has 0 aliphatic heterocycles. The van der Waals surface area contributed by atoms with Crippen LogP contribution >= 0.6 is 23.2 Å².